The zero-order valence-corrected chi connectivity index (χ0v) is 15.8. The second-order valence-corrected chi connectivity index (χ2v) is 8.23. The van der Waals surface area contributed by atoms with Gasteiger partial charge in [-0.2, -0.15) is 0 Å². The first-order valence-electron chi connectivity index (χ1n) is 9.39. The van der Waals surface area contributed by atoms with Gasteiger partial charge in [0.15, 0.2) is 5.58 Å². The molecular formula is C22H26N2O2. The second kappa shape index (κ2) is 6.35. The highest BCUT2D eigenvalue weighted by molar-refractivity contribution is 5.97. The fraction of sp³-hybridized carbons (Fsp3) is 0.409. The van der Waals surface area contributed by atoms with Crippen molar-refractivity contribution in [3.05, 3.63) is 59.5 Å². The Morgan fingerprint density at radius 3 is 2.42 bits per heavy atom. The third-order valence-electron chi connectivity index (χ3n) is 5.30. The molecule has 0 bridgehead atoms. The van der Waals surface area contributed by atoms with Crippen LogP contribution in [0.3, 0.4) is 0 Å². The Bertz CT molecular complexity index is 919. The fourth-order valence-electron chi connectivity index (χ4n) is 3.70. The molecule has 26 heavy (non-hydrogen) atoms. The minimum Gasteiger partial charge on any atom is -0.463 e. The molecule has 1 aliphatic heterocycles. The van der Waals surface area contributed by atoms with Gasteiger partial charge in [0.2, 0.25) is 0 Å². The molecule has 3 heterocycles. The predicted molar refractivity (Wildman–Crippen MR) is 104 cm³/mol. The lowest BCUT2D eigenvalue weighted by Gasteiger charge is -2.20. The quantitative estimate of drug-likeness (QED) is 0.679. The van der Waals surface area contributed by atoms with Gasteiger partial charge in [-0.15, -0.1) is 0 Å². The zero-order chi connectivity index (χ0) is 18.3. The summed E-state index contributed by atoms with van der Waals surface area (Å²) in [5.74, 6) is 0.111. The molecule has 136 valence electrons. The molecule has 3 aromatic rings. The minimum atomic E-state index is 0.111. The van der Waals surface area contributed by atoms with Crippen molar-refractivity contribution in [3.8, 4) is 0 Å². The van der Waals surface area contributed by atoms with Crippen molar-refractivity contribution in [1.29, 1.82) is 0 Å². The Hall–Kier alpha value is -2.49. The van der Waals surface area contributed by atoms with Gasteiger partial charge < -0.3 is 13.9 Å². The largest absolute Gasteiger partial charge is 0.463 e. The molecule has 1 amide bonds. The first kappa shape index (κ1) is 17.0. The van der Waals surface area contributed by atoms with Crippen molar-refractivity contribution < 1.29 is 9.21 Å². The number of hydrogen-bond donors (Lipinski definition) is 0. The number of hydrogen-bond acceptors (Lipinski definition) is 2. The Balaban J connectivity index is 1.68. The van der Waals surface area contributed by atoms with E-state index in [1.807, 2.05) is 17.0 Å². The van der Waals surface area contributed by atoms with Crippen LogP contribution in [0.4, 0.5) is 0 Å². The number of benzene rings is 1. The zero-order valence-electron chi connectivity index (χ0n) is 15.8. The first-order valence-corrected chi connectivity index (χ1v) is 9.39. The molecule has 4 rings (SSSR count). The van der Waals surface area contributed by atoms with Crippen LogP contribution >= 0.6 is 0 Å². The summed E-state index contributed by atoms with van der Waals surface area (Å²) in [7, 11) is 0. The van der Waals surface area contributed by atoms with E-state index in [-0.39, 0.29) is 11.3 Å². The maximum absolute atomic E-state index is 13.0. The van der Waals surface area contributed by atoms with Crippen LogP contribution in [0.5, 0.6) is 0 Å². The van der Waals surface area contributed by atoms with E-state index in [1.54, 1.807) is 6.26 Å². The van der Waals surface area contributed by atoms with E-state index in [0.717, 1.165) is 42.7 Å². The van der Waals surface area contributed by atoms with Gasteiger partial charge in [0, 0.05) is 31.8 Å². The smallest absolute Gasteiger partial charge is 0.270 e. The number of amides is 1. The lowest BCUT2D eigenvalue weighted by Crippen LogP contribution is -2.29. The average molecular weight is 350 g/mol. The highest BCUT2D eigenvalue weighted by Gasteiger charge is 2.24. The third kappa shape index (κ3) is 3.05. The van der Waals surface area contributed by atoms with Crippen LogP contribution in [0.15, 0.2) is 47.1 Å². The van der Waals surface area contributed by atoms with Gasteiger partial charge in [0.1, 0.15) is 5.69 Å². The molecule has 0 unspecified atom stereocenters. The maximum Gasteiger partial charge on any atom is 0.270 e. The lowest BCUT2D eigenvalue weighted by atomic mass is 9.87. The van der Waals surface area contributed by atoms with Gasteiger partial charge in [-0.25, -0.2) is 0 Å². The van der Waals surface area contributed by atoms with Crippen LogP contribution < -0.4 is 0 Å². The summed E-state index contributed by atoms with van der Waals surface area (Å²) < 4.78 is 7.65. The monoisotopic (exact) mass is 350 g/mol. The highest BCUT2D eigenvalue weighted by atomic mass is 16.3. The number of furan rings is 1. The van der Waals surface area contributed by atoms with Crippen molar-refractivity contribution >= 4 is 17.0 Å². The average Bonchev–Trinajstić information content (AvgIpc) is 3.32. The van der Waals surface area contributed by atoms with Crippen molar-refractivity contribution in [3.63, 3.8) is 0 Å². The standard InChI is InChI=1S/C22H26N2O2/c1-22(2,3)17-8-6-16(7-9-17)15-24-18-10-13-26-20(18)14-19(24)21(25)23-11-4-5-12-23/h6-10,13-14H,4-5,11-12,15H2,1-3H3. The summed E-state index contributed by atoms with van der Waals surface area (Å²) in [5.41, 5.74) is 5.12. The normalized spacial score (nSPS) is 15.1. The molecule has 4 heteroatoms. The minimum absolute atomic E-state index is 0.111. The molecular weight excluding hydrogens is 324 g/mol. The summed E-state index contributed by atoms with van der Waals surface area (Å²) in [4.78, 5) is 14.9. The number of carbonyl (C=O) groups is 1. The summed E-state index contributed by atoms with van der Waals surface area (Å²) in [6.45, 7) is 9.03. The van der Waals surface area contributed by atoms with Gasteiger partial charge in [-0.3, -0.25) is 4.79 Å². The van der Waals surface area contributed by atoms with E-state index in [0.29, 0.717) is 6.54 Å². The molecule has 0 N–H and O–H groups in total. The van der Waals surface area contributed by atoms with Crippen LogP contribution in [-0.4, -0.2) is 28.5 Å². The molecule has 0 aliphatic carbocycles. The lowest BCUT2D eigenvalue weighted by molar-refractivity contribution is 0.0783. The molecule has 4 nitrogen and oxygen atoms in total. The third-order valence-corrected chi connectivity index (χ3v) is 5.30. The van der Waals surface area contributed by atoms with Crippen LogP contribution in [0.2, 0.25) is 0 Å². The molecule has 1 fully saturated rings. The fourth-order valence-corrected chi connectivity index (χ4v) is 3.70. The van der Waals surface area contributed by atoms with Crippen LogP contribution in [-0.2, 0) is 12.0 Å². The molecule has 2 aromatic heterocycles. The van der Waals surface area contributed by atoms with E-state index in [4.69, 9.17) is 4.42 Å². The van der Waals surface area contributed by atoms with Crippen molar-refractivity contribution in [2.45, 2.75) is 45.6 Å². The summed E-state index contributed by atoms with van der Waals surface area (Å²) >= 11 is 0. The Kier molecular flexibility index (Phi) is 4.14. The molecule has 1 aliphatic rings. The highest BCUT2D eigenvalue weighted by Crippen LogP contribution is 2.26. The van der Waals surface area contributed by atoms with E-state index in [2.05, 4.69) is 49.6 Å². The second-order valence-electron chi connectivity index (χ2n) is 8.23. The van der Waals surface area contributed by atoms with E-state index < -0.39 is 0 Å². The van der Waals surface area contributed by atoms with Gasteiger partial charge in [-0.05, 0) is 29.4 Å². The first-order chi connectivity index (χ1) is 12.4. The topological polar surface area (TPSA) is 38.4 Å². The summed E-state index contributed by atoms with van der Waals surface area (Å²) in [5, 5.41) is 0. The number of aromatic nitrogens is 1. The number of likely N-dealkylation sites (tertiary alicyclic amines) is 1. The molecule has 1 aromatic carbocycles. The van der Waals surface area contributed by atoms with E-state index in [1.165, 1.54) is 11.1 Å². The molecule has 1 saturated heterocycles. The van der Waals surface area contributed by atoms with Crippen molar-refractivity contribution in [2.75, 3.05) is 13.1 Å². The number of fused-ring (bicyclic) bond motifs is 1. The molecule has 0 saturated carbocycles. The van der Waals surface area contributed by atoms with Crippen molar-refractivity contribution in [1.82, 2.24) is 9.47 Å². The Morgan fingerprint density at radius 1 is 1.08 bits per heavy atom. The maximum atomic E-state index is 13.0. The van der Waals surface area contributed by atoms with E-state index >= 15 is 0 Å². The Morgan fingerprint density at radius 2 is 1.77 bits per heavy atom. The molecule has 0 atom stereocenters. The van der Waals surface area contributed by atoms with E-state index in [9.17, 15) is 4.79 Å². The summed E-state index contributed by atoms with van der Waals surface area (Å²) in [6.07, 6.45) is 3.88. The van der Waals surface area contributed by atoms with Crippen LogP contribution in [0.25, 0.3) is 11.1 Å². The van der Waals surface area contributed by atoms with Gasteiger partial charge >= 0.3 is 0 Å². The van der Waals surface area contributed by atoms with Crippen LogP contribution in [0.1, 0.15) is 55.2 Å². The number of nitrogens with zero attached hydrogens (tertiary/aromatic N) is 2. The van der Waals surface area contributed by atoms with Gasteiger partial charge in [0.05, 0.1) is 11.8 Å². The summed E-state index contributed by atoms with van der Waals surface area (Å²) in [6, 6.07) is 12.5. The van der Waals surface area contributed by atoms with Gasteiger partial charge in [0.25, 0.3) is 5.91 Å². The Labute approximate surface area is 154 Å². The number of carbonyl (C=O) groups excluding carboxylic acids is 1. The predicted octanol–water partition coefficient (Wildman–Crippen LogP) is 4.82. The molecule has 0 spiro atoms. The SMILES string of the molecule is CC(C)(C)c1ccc(Cn2c(C(=O)N3CCCC3)cc3occc32)cc1. The van der Waals surface area contributed by atoms with Gasteiger partial charge in [-0.1, -0.05) is 45.0 Å². The molecule has 0 radical (unpaired) electrons. The van der Waals surface area contributed by atoms with Crippen molar-refractivity contribution in [2.24, 2.45) is 0 Å². The number of rotatable bonds is 3. The van der Waals surface area contributed by atoms with Crippen LogP contribution in [0, 0.1) is 0 Å².